The number of nitrogens with zero attached hydrogens (tertiary/aromatic N) is 2. The van der Waals surface area contributed by atoms with E-state index in [2.05, 4.69) is 15.0 Å². The van der Waals surface area contributed by atoms with Crippen LogP contribution in [-0.2, 0) is 31.4 Å². The van der Waals surface area contributed by atoms with Crippen LogP contribution in [0.25, 0.3) is 0 Å². The predicted octanol–water partition coefficient (Wildman–Crippen LogP) is 0.471. The zero-order chi connectivity index (χ0) is 22.4. The first kappa shape index (κ1) is 23.6. The van der Waals surface area contributed by atoms with Gasteiger partial charge in [0.05, 0.1) is 23.9 Å². The van der Waals surface area contributed by atoms with Gasteiger partial charge in [-0.05, 0) is 29.8 Å². The fourth-order valence-corrected chi connectivity index (χ4v) is 3.99. The lowest BCUT2D eigenvalue weighted by Crippen LogP contribution is -2.31. The lowest BCUT2D eigenvalue weighted by Gasteiger charge is -2.20. The Hall–Kier alpha value is -2.70. The number of ether oxygens (including phenoxy) is 1. The standard InChI is InChI=1S/C18H24N4O6S2/c1-22(29(3,24)25)16-11-15(6-7-17(16)28-2)30(26,27)21-10-8-18(23)20-13-14-5-4-9-19-12-14/h4-7,9,11-12,21H,8,10,13H2,1-3H3,(H,20,23). The third-order valence-electron chi connectivity index (χ3n) is 4.15. The Bertz CT molecular complexity index is 1090. The second kappa shape index (κ2) is 9.87. The molecular formula is C18H24N4O6S2. The van der Waals surface area contributed by atoms with Crippen LogP contribution in [0.1, 0.15) is 12.0 Å². The van der Waals surface area contributed by atoms with Gasteiger partial charge in [0.15, 0.2) is 0 Å². The molecule has 0 aliphatic carbocycles. The number of aromatic nitrogens is 1. The van der Waals surface area contributed by atoms with Gasteiger partial charge in [0.25, 0.3) is 0 Å². The summed E-state index contributed by atoms with van der Waals surface area (Å²) in [5, 5.41) is 2.68. The van der Waals surface area contributed by atoms with Crippen molar-refractivity contribution in [2.75, 3.05) is 31.3 Å². The van der Waals surface area contributed by atoms with Crippen molar-refractivity contribution in [3.63, 3.8) is 0 Å². The Labute approximate surface area is 176 Å². The lowest BCUT2D eigenvalue weighted by molar-refractivity contribution is -0.121. The van der Waals surface area contributed by atoms with Crippen molar-refractivity contribution in [2.24, 2.45) is 0 Å². The van der Waals surface area contributed by atoms with Gasteiger partial charge >= 0.3 is 0 Å². The van der Waals surface area contributed by atoms with Crippen molar-refractivity contribution >= 4 is 31.6 Å². The van der Waals surface area contributed by atoms with E-state index < -0.39 is 20.0 Å². The van der Waals surface area contributed by atoms with E-state index in [1.54, 1.807) is 18.5 Å². The number of amides is 1. The third kappa shape index (κ3) is 6.40. The average Bonchev–Trinajstić information content (AvgIpc) is 2.71. The number of anilines is 1. The van der Waals surface area contributed by atoms with Gasteiger partial charge in [-0.2, -0.15) is 0 Å². The summed E-state index contributed by atoms with van der Waals surface area (Å²) in [4.78, 5) is 15.7. The SMILES string of the molecule is COc1ccc(S(=O)(=O)NCCC(=O)NCc2cccnc2)cc1N(C)S(C)(=O)=O. The van der Waals surface area contributed by atoms with Crippen molar-refractivity contribution in [3.8, 4) is 5.75 Å². The van der Waals surface area contributed by atoms with E-state index in [0.29, 0.717) is 6.54 Å². The molecule has 2 N–H and O–H groups in total. The Kier molecular flexibility index (Phi) is 7.76. The molecule has 2 rings (SSSR count). The highest BCUT2D eigenvalue weighted by Crippen LogP contribution is 2.31. The first-order chi connectivity index (χ1) is 14.0. The largest absolute Gasteiger partial charge is 0.495 e. The monoisotopic (exact) mass is 456 g/mol. The summed E-state index contributed by atoms with van der Waals surface area (Å²) in [7, 11) is -4.95. The minimum absolute atomic E-state index is 0.0637. The maximum absolute atomic E-state index is 12.6. The molecule has 0 spiro atoms. The zero-order valence-electron chi connectivity index (χ0n) is 16.8. The van der Waals surface area contributed by atoms with Crippen molar-refractivity contribution in [1.29, 1.82) is 0 Å². The first-order valence-electron chi connectivity index (χ1n) is 8.82. The summed E-state index contributed by atoms with van der Waals surface area (Å²) in [6.07, 6.45) is 4.18. The van der Waals surface area contributed by atoms with Crippen LogP contribution in [0.15, 0.2) is 47.6 Å². The normalized spacial score (nSPS) is 11.7. The van der Waals surface area contributed by atoms with Crippen molar-refractivity contribution < 1.29 is 26.4 Å². The topological polar surface area (TPSA) is 135 Å². The average molecular weight is 457 g/mol. The van der Waals surface area contributed by atoms with E-state index in [1.807, 2.05) is 6.07 Å². The molecule has 1 heterocycles. The molecule has 164 valence electrons. The van der Waals surface area contributed by atoms with Crippen LogP contribution >= 0.6 is 0 Å². The van der Waals surface area contributed by atoms with Crippen LogP contribution in [0, 0.1) is 0 Å². The minimum atomic E-state index is -3.97. The molecule has 1 aromatic heterocycles. The highest BCUT2D eigenvalue weighted by atomic mass is 32.2. The first-order valence-corrected chi connectivity index (χ1v) is 12.1. The van der Waals surface area contributed by atoms with Crippen LogP contribution in [0.5, 0.6) is 5.75 Å². The van der Waals surface area contributed by atoms with Gasteiger partial charge in [0.2, 0.25) is 26.0 Å². The number of hydrogen-bond donors (Lipinski definition) is 2. The van der Waals surface area contributed by atoms with Gasteiger partial charge in [0.1, 0.15) is 5.75 Å². The summed E-state index contributed by atoms with van der Waals surface area (Å²) >= 11 is 0. The highest BCUT2D eigenvalue weighted by molar-refractivity contribution is 7.92. The zero-order valence-corrected chi connectivity index (χ0v) is 18.5. The Morgan fingerprint density at radius 3 is 2.53 bits per heavy atom. The minimum Gasteiger partial charge on any atom is -0.495 e. The molecule has 1 aromatic carbocycles. The molecule has 0 radical (unpaired) electrons. The molecule has 0 aliphatic rings. The molecule has 0 bridgehead atoms. The van der Waals surface area contributed by atoms with Crippen molar-refractivity contribution in [2.45, 2.75) is 17.9 Å². The van der Waals surface area contributed by atoms with Crippen molar-refractivity contribution in [3.05, 3.63) is 48.3 Å². The second-order valence-electron chi connectivity index (χ2n) is 6.35. The second-order valence-corrected chi connectivity index (χ2v) is 10.1. The van der Waals surface area contributed by atoms with Gasteiger partial charge in [-0.25, -0.2) is 21.6 Å². The van der Waals surface area contributed by atoms with E-state index in [0.717, 1.165) is 16.1 Å². The number of nitrogens with one attached hydrogen (secondary N) is 2. The van der Waals surface area contributed by atoms with Gasteiger partial charge in [-0.15, -0.1) is 0 Å². The number of rotatable bonds is 10. The van der Waals surface area contributed by atoms with E-state index in [-0.39, 0.29) is 35.2 Å². The Morgan fingerprint density at radius 1 is 1.20 bits per heavy atom. The van der Waals surface area contributed by atoms with E-state index >= 15 is 0 Å². The third-order valence-corrected chi connectivity index (χ3v) is 6.80. The Balaban J connectivity index is 2.02. The van der Waals surface area contributed by atoms with E-state index in [4.69, 9.17) is 4.74 Å². The lowest BCUT2D eigenvalue weighted by atomic mass is 10.3. The molecule has 0 saturated carbocycles. The van der Waals surface area contributed by atoms with Gasteiger partial charge in [-0.3, -0.25) is 14.1 Å². The molecule has 30 heavy (non-hydrogen) atoms. The molecule has 0 atom stereocenters. The van der Waals surface area contributed by atoms with E-state index in [9.17, 15) is 21.6 Å². The van der Waals surface area contributed by atoms with Gasteiger partial charge in [-0.1, -0.05) is 6.07 Å². The Morgan fingerprint density at radius 2 is 1.93 bits per heavy atom. The molecule has 0 aliphatic heterocycles. The highest BCUT2D eigenvalue weighted by Gasteiger charge is 2.21. The van der Waals surface area contributed by atoms with E-state index in [1.165, 1.54) is 32.4 Å². The smallest absolute Gasteiger partial charge is 0.240 e. The summed E-state index contributed by atoms with van der Waals surface area (Å²) in [6.45, 7) is 0.170. The fourth-order valence-electron chi connectivity index (χ4n) is 2.44. The van der Waals surface area contributed by atoms with Crippen LogP contribution in [0.2, 0.25) is 0 Å². The molecule has 2 aromatic rings. The molecule has 0 fully saturated rings. The number of carbonyl (C=O) groups excluding carboxylic acids is 1. The maximum atomic E-state index is 12.6. The van der Waals surface area contributed by atoms with Crippen LogP contribution in [-0.4, -0.2) is 54.7 Å². The number of benzene rings is 1. The number of pyridine rings is 1. The van der Waals surface area contributed by atoms with Crippen LogP contribution in [0.3, 0.4) is 0 Å². The predicted molar refractivity (Wildman–Crippen MR) is 112 cm³/mol. The summed E-state index contributed by atoms with van der Waals surface area (Å²) in [6, 6.07) is 7.42. The quantitative estimate of drug-likeness (QED) is 0.531. The number of sulfonamides is 2. The van der Waals surface area contributed by atoms with Crippen molar-refractivity contribution in [1.82, 2.24) is 15.0 Å². The molecular weight excluding hydrogens is 432 g/mol. The summed E-state index contributed by atoms with van der Waals surface area (Å²) < 4.78 is 57.2. The number of carbonyl (C=O) groups is 1. The van der Waals surface area contributed by atoms with Gasteiger partial charge < -0.3 is 10.1 Å². The maximum Gasteiger partial charge on any atom is 0.240 e. The number of hydrogen-bond acceptors (Lipinski definition) is 7. The molecule has 0 saturated heterocycles. The fraction of sp³-hybridized carbons (Fsp3) is 0.333. The molecule has 10 nitrogen and oxygen atoms in total. The summed E-state index contributed by atoms with van der Waals surface area (Å²) in [5.74, 6) is -0.120. The van der Waals surface area contributed by atoms with Gasteiger partial charge in [0, 0.05) is 39.0 Å². The van der Waals surface area contributed by atoms with Crippen LogP contribution in [0.4, 0.5) is 5.69 Å². The molecule has 1 amide bonds. The van der Waals surface area contributed by atoms with Crippen LogP contribution < -0.4 is 19.1 Å². The molecule has 12 heteroatoms. The number of methoxy groups -OCH3 is 1. The molecule has 0 unspecified atom stereocenters. The summed E-state index contributed by atoms with van der Waals surface area (Å²) in [5.41, 5.74) is 0.907.